The lowest BCUT2D eigenvalue weighted by molar-refractivity contribution is -0.133. The van der Waals surface area contributed by atoms with E-state index < -0.39 is 0 Å². The zero-order chi connectivity index (χ0) is 12.4. The fourth-order valence-corrected chi connectivity index (χ4v) is 4.94. The van der Waals surface area contributed by atoms with E-state index >= 15 is 0 Å². The summed E-state index contributed by atoms with van der Waals surface area (Å²) in [5, 5.41) is 0. The lowest BCUT2D eigenvalue weighted by atomic mass is 9.72. The molecule has 94 valence electrons. The predicted octanol–water partition coefficient (Wildman–Crippen LogP) is 1.99. The van der Waals surface area contributed by atoms with Gasteiger partial charge in [0.25, 0.3) is 0 Å². The molecule has 3 nitrogen and oxygen atoms in total. The Morgan fingerprint density at radius 1 is 1.18 bits per heavy atom. The van der Waals surface area contributed by atoms with E-state index in [4.69, 9.17) is 4.74 Å². The molecular weight excluding hydrogens is 216 g/mol. The third-order valence-corrected chi connectivity index (χ3v) is 5.25. The summed E-state index contributed by atoms with van der Waals surface area (Å²) in [5.74, 6) is 0.904. The average molecular weight is 236 g/mol. The monoisotopic (exact) mass is 236 g/mol. The molecule has 3 rings (SSSR count). The molecule has 3 heteroatoms. The van der Waals surface area contributed by atoms with Crippen LogP contribution in [0.3, 0.4) is 0 Å². The topological polar surface area (TPSA) is 43.4 Å². The summed E-state index contributed by atoms with van der Waals surface area (Å²) in [5.41, 5.74) is 0.00676. The Balaban J connectivity index is 2.08. The van der Waals surface area contributed by atoms with Gasteiger partial charge in [0.2, 0.25) is 0 Å². The molecule has 0 bridgehead atoms. The molecule has 3 aliphatic carbocycles. The molecule has 0 amide bonds. The Labute approximate surface area is 102 Å². The van der Waals surface area contributed by atoms with E-state index in [0.717, 1.165) is 12.8 Å². The van der Waals surface area contributed by atoms with Gasteiger partial charge in [-0.05, 0) is 24.2 Å². The molecule has 17 heavy (non-hydrogen) atoms. The molecular formula is C14H20O3. The number of ether oxygens (including phenoxy) is 1. The second kappa shape index (κ2) is 3.19. The lowest BCUT2D eigenvalue weighted by Gasteiger charge is -2.34. The van der Waals surface area contributed by atoms with Crippen LogP contribution in [0.1, 0.15) is 39.5 Å². The first-order chi connectivity index (χ1) is 7.90. The van der Waals surface area contributed by atoms with Crippen molar-refractivity contribution in [3.63, 3.8) is 0 Å². The first kappa shape index (κ1) is 11.4. The van der Waals surface area contributed by atoms with Crippen LogP contribution >= 0.6 is 0 Å². The summed E-state index contributed by atoms with van der Waals surface area (Å²) in [6.07, 6.45) is 2.72. The molecule has 0 aromatic carbocycles. The molecule has 1 unspecified atom stereocenters. The normalized spacial score (nSPS) is 47.4. The summed E-state index contributed by atoms with van der Waals surface area (Å²) < 4.78 is 5.48. The van der Waals surface area contributed by atoms with E-state index in [1.54, 1.807) is 7.11 Å². The van der Waals surface area contributed by atoms with Crippen LogP contribution in [-0.4, -0.2) is 24.8 Å². The van der Waals surface area contributed by atoms with Gasteiger partial charge in [0.1, 0.15) is 11.9 Å². The molecule has 4 atom stereocenters. The summed E-state index contributed by atoms with van der Waals surface area (Å²) in [4.78, 5) is 24.2. The maximum absolute atomic E-state index is 12.2. The third kappa shape index (κ3) is 1.26. The van der Waals surface area contributed by atoms with E-state index in [2.05, 4.69) is 13.8 Å². The van der Waals surface area contributed by atoms with Gasteiger partial charge in [0.05, 0.1) is 0 Å². The Kier molecular flexibility index (Phi) is 2.14. The maximum Gasteiger partial charge on any atom is 0.162 e. The molecule has 0 aromatic rings. The number of carbonyl (C=O) groups is 2. The number of carbonyl (C=O) groups excluding carboxylic acids is 2. The van der Waals surface area contributed by atoms with Gasteiger partial charge in [-0.2, -0.15) is 0 Å². The van der Waals surface area contributed by atoms with Crippen LogP contribution < -0.4 is 0 Å². The van der Waals surface area contributed by atoms with Gasteiger partial charge in [-0.15, -0.1) is 0 Å². The number of hydrogen-bond acceptors (Lipinski definition) is 3. The Morgan fingerprint density at radius 2 is 1.82 bits per heavy atom. The number of rotatable bonds is 1. The fraction of sp³-hybridized carbons (Fsp3) is 0.857. The van der Waals surface area contributed by atoms with Crippen LogP contribution in [0.25, 0.3) is 0 Å². The Morgan fingerprint density at radius 3 is 2.47 bits per heavy atom. The fourth-order valence-electron chi connectivity index (χ4n) is 4.94. The Hall–Kier alpha value is -0.700. The Bertz CT molecular complexity index is 398. The third-order valence-electron chi connectivity index (χ3n) is 5.25. The van der Waals surface area contributed by atoms with Gasteiger partial charge < -0.3 is 4.74 Å². The number of ketones is 2. The van der Waals surface area contributed by atoms with Gasteiger partial charge in [0.15, 0.2) is 5.78 Å². The highest BCUT2D eigenvalue weighted by atomic mass is 16.5. The van der Waals surface area contributed by atoms with E-state index in [9.17, 15) is 9.59 Å². The van der Waals surface area contributed by atoms with Crippen LogP contribution in [0.2, 0.25) is 0 Å². The van der Waals surface area contributed by atoms with Gasteiger partial charge >= 0.3 is 0 Å². The molecule has 1 spiro atoms. The average Bonchev–Trinajstić information content (AvgIpc) is 2.70. The molecule has 0 saturated heterocycles. The molecule has 0 N–H and O–H groups in total. The van der Waals surface area contributed by atoms with Gasteiger partial charge in [-0.3, -0.25) is 9.59 Å². The van der Waals surface area contributed by atoms with E-state index in [0.29, 0.717) is 18.6 Å². The van der Waals surface area contributed by atoms with Crippen LogP contribution in [0.15, 0.2) is 0 Å². The zero-order valence-electron chi connectivity index (χ0n) is 10.8. The summed E-state index contributed by atoms with van der Waals surface area (Å²) in [7, 11) is 1.62. The second-order valence-corrected chi connectivity index (χ2v) is 6.86. The highest BCUT2D eigenvalue weighted by molar-refractivity contribution is 5.94. The van der Waals surface area contributed by atoms with Crippen molar-refractivity contribution in [3.05, 3.63) is 0 Å². The second-order valence-electron chi connectivity index (χ2n) is 6.86. The summed E-state index contributed by atoms with van der Waals surface area (Å²) >= 11 is 0. The maximum atomic E-state index is 12.2. The molecule has 3 aliphatic rings. The first-order valence-electron chi connectivity index (χ1n) is 6.49. The van der Waals surface area contributed by atoms with Crippen molar-refractivity contribution in [2.45, 2.75) is 45.6 Å². The summed E-state index contributed by atoms with van der Waals surface area (Å²) in [6.45, 7) is 4.42. The van der Waals surface area contributed by atoms with Crippen molar-refractivity contribution in [1.29, 1.82) is 0 Å². The first-order valence-corrected chi connectivity index (χ1v) is 6.49. The smallest absolute Gasteiger partial charge is 0.162 e. The molecule has 0 aliphatic heterocycles. The standard InChI is InChI=1S/C14H20O3/c1-13(2)6-9-10(15)4-8-5-11(16)12(17-3)14(8,9)7-13/h8-9,12H,4-7H2,1-3H3/t8-,9+,12?,14-/m1/s1. The van der Waals surface area contributed by atoms with Crippen molar-refractivity contribution in [3.8, 4) is 0 Å². The molecule has 0 aromatic heterocycles. The van der Waals surface area contributed by atoms with E-state index in [-0.39, 0.29) is 34.6 Å². The minimum atomic E-state index is -0.328. The van der Waals surface area contributed by atoms with Crippen molar-refractivity contribution in [2.75, 3.05) is 7.11 Å². The van der Waals surface area contributed by atoms with Crippen molar-refractivity contribution >= 4 is 11.6 Å². The lowest BCUT2D eigenvalue weighted by Crippen LogP contribution is -2.40. The summed E-state index contributed by atoms with van der Waals surface area (Å²) in [6, 6.07) is 0. The quantitative estimate of drug-likeness (QED) is 0.699. The minimum Gasteiger partial charge on any atom is -0.373 e. The molecule has 0 heterocycles. The van der Waals surface area contributed by atoms with Crippen LogP contribution in [0.5, 0.6) is 0 Å². The number of Topliss-reactive ketones (excluding diaryl/α,β-unsaturated/α-hetero) is 2. The molecule has 3 saturated carbocycles. The highest BCUT2D eigenvalue weighted by Gasteiger charge is 2.69. The van der Waals surface area contributed by atoms with Crippen LogP contribution in [-0.2, 0) is 14.3 Å². The van der Waals surface area contributed by atoms with Gasteiger partial charge in [0, 0.05) is 31.3 Å². The zero-order valence-corrected chi connectivity index (χ0v) is 10.8. The molecule has 3 fully saturated rings. The van der Waals surface area contributed by atoms with Crippen molar-refractivity contribution < 1.29 is 14.3 Å². The van der Waals surface area contributed by atoms with Crippen LogP contribution in [0, 0.1) is 22.7 Å². The van der Waals surface area contributed by atoms with E-state index in [1.165, 1.54) is 0 Å². The van der Waals surface area contributed by atoms with Crippen molar-refractivity contribution in [1.82, 2.24) is 0 Å². The molecule has 0 radical (unpaired) electrons. The number of hydrogen-bond donors (Lipinski definition) is 0. The predicted molar refractivity (Wildman–Crippen MR) is 62.5 cm³/mol. The van der Waals surface area contributed by atoms with Gasteiger partial charge in [-0.25, -0.2) is 0 Å². The van der Waals surface area contributed by atoms with Gasteiger partial charge in [-0.1, -0.05) is 13.8 Å². The van der Waals surface area contributed by atoms with Crippen LogP contribution in [0.4, 0.5) is 0 Å². The SMILES string of the molecule is COC1C(=O)C[C@H]2CC(=O)[C@@H]3CC(C)(C)C[C@@]123. The highest BCUT2D eigenvalue weighted by Crippen LogP contribution is 2.67. The van der Waals surface area contributed by atoms with E-state index in [1.807, 2.05) is 0 Å². The minimum absolute atomic E-state index is 0.0684. The van der Waals surface area contributed by atoms with Crippen molar-refractivity contribution in [2.24, 2.45) is 22.7 Å². The largest absolute Gasteiger partial charge is 0.373 e. The number of methoxy groups -OCH3 is 1.